The summed E-state index contributed by atoms with van der Waals surface area (Å²) in [5, 5.41) is 10.8. The Bertz CT molecular complexity index is 630. The van der Waals surface area contributed by atoms with Crippen LogP contribution in [0.1, 0.15) is 65.9 Å². The van der Waals surface area contributed by atoms with Gasteiger partial charge < -0.3 is 9.42 Å². The summed E-state index contributed by atoms with van der Waals surface area (Å²) in [6.07, 6.45) is 9.09. The van der Waals surface area contributed by atoms with E-state index < -0.39 is 0 Å². The van der Waals surface area contributed by atoms with Crippen LogP contribution < -0.4 is 0 Å². The monoisotopic (exact) mass is 286 g/mol. The maximum atomic E-state index is 12.7. The normalized spacial score (nSPS) is 22.5. The predicted molar refractivity (Wildman–Crippen MR) is 74.7 cm³/mol. The zero-order valence-corrected chi connectivity index (χ0v) is 11.8. The van der Waals surface area contributed by atoms with Gasteiger partial charge in [-0.05, 0) is 32.1 Å². The fraction of sp³-hybridized carbons (Fsp3) is 0.533. The Balaban J connectivity index is 1.58. The average molecular weight is 286 g/mol. The molecule has 2 aromatic heterocycles. The molecule has 2 aromatic rings. The fourth-order valence-electron chi connectivity index (χ4n) is 3.06. The highest BCUT2D eigenvalue weighted by Crippen LogP contribution is 2.40. The quantitative estimate of drug-likeness (QED) is 0.941. The van der Waals surface area contributed by atoms with Crippen molar-refractivity contribution in [3.8, 4) is 0 Å². The smallest absolute Gasteiger partial charge is 0.276 e. The second-order valence-corrected chi connectivity index (χ2v) is 5.93. The molecule has 1 amide bonds. The van der Waals surface area contributed by atoms with Crippen LogP contribution in [0, 0.1) is 0 Å². The van der Waals surface area contributed by atoms with Crippen LogP contribution in [0.5, 0.6) is 0 Å². The van der Waals surface area contributed by atoms with Gasteiger partial charge in [-0.1, -0.05) is 5.16 Å². The Kier molecular flexibility index (Phi) is 3.02. The van der Waals surface area contributed by atoms with Crippen LogP contribution in [0.2, 0.25) is 0 Å². The number of piperidine rings is 1. The number of aromatic amines is 1. The standard InChI is InChI=1S/C15H18N4O2/c20-15(12-7-14(21-18-12)10-4-5-10)19-6-2-1-3-13(19)11-8-16-17-9-11/h7-10,13H,1-6H2,(H,16,17)/t13-/m1/s1. The van der Waals surface area contributed by atoms with Gasteiger partial charge in [0, 0.05) is 30.3 Å². The van der Waals surface area contributed by atoms with Crippen molar-refractivity contribution in [1.29, 1.82) is 0 Å². The zero-order chi connectivity index (χ0) is 14.2. The number of likely N-dealkylation sites (tertiary alicyclic amines) is 1. The molecule has 0 radical (unpaired) electrons. The first-order valence-electron chi connectivity index (χ1n) is 7.59. The lowest BCUT2D eigenvalue weighted by atomic mass is 9.97. The van der Waals surface area contributed by atoms with E-state index in [1.165, 1.54) is 0 Å². The first kappa shape index (κ1) is 12.6. The Morgan fingerprint density at radius 1 is 1.33 bits per heavy atom. The molecule has 0 spiro atoms. The number of nitrogens with zero attached hydrogens (tertiary/aromatic N) is 3. The van der Waals surface area contributed by atoms with Crippen molar-refractivity contribution < 1.29 is 9.32 Å². The molecule has 2 fully saturated rings. The van der Waals surface area contributed by atoms with Gasteiger partial charge >= 0.3 is 0 Å². The van der Waals surface area contributed by atoms with E-state index in [1.54, 1.807) is 6.20 Å². The number of aromatic nitrogens is 3. The minimum atomic E-state index is -0.0310. The van der Waals surface area contributed by atoms with E-state index in [0.717, 1.165) is 50.0 Å². The first-order chi connectivity index (χ1) is 10.3. The first-order valence-corrected chi connectivity index (χ1v) is 7.59. The molecular formula is C15H18N4O2. The number of amides is 1. The second-order valence-electron chi connectivity index (χ2n) is 5.93. The molecule has 21 heavy (non-hydrogen) atoms. The van der Waals surface area contributed by atoms with Crippen molar-refractivity contribution in [3.63, 3.8) is 0 Å². The van der Waals surface area contributed by atoms with Crippen molar-refractivity contribution in [2.45, 2.75) is 44.1 Å². The molecule has 1 N–H and O–H groups in total. The van der Waals surface area contributed by atoms with Gasteiger partial charge in [-0.25, -0.2) is 0 Å². The molecule has 1 atom stereocenters. The lowest BCUT2D eigenvalue weighted by molar-refractivity contribution is 0.0601. The van der Waals surface area contributed by atoms with Crippen LogP contribution in [0.25, 0.3) is 0 Å². The van der Waals surface area contributed by atoms with Crippen molar-refractivity contribution in [3.05, 3.63) is 35.5 Å². The Morgan fingerprint density at radius 2 is 2.24 bits per heavy atom. The fourth-order valence-corrected chi connectivity index (χ4v) is 3.06. The number of hydrogen-bond donors (Lipinski definition) is 1. The highest BCUT2D eigenvalue weighted by atomic mass is 16.5. The van der Waals surface area contributed by atoms with Gasteiger partial charge in [-0.15, -0.1) is 0 Å². The third kappa shape index (κ3) is 2.34. The molecule has 0 bridgehead atoms. The summed E-state index contributed by atoms with van der Waals surface area (Å²) < 4.78 is 5.31. The Morgan fingerprint density at radius 3 is 3.00 bits per heavy atom. The number of H-pyrrole nitrogens is 1. The number of rotatable bonds is 3. The molecule has 1 aliphatic carbocycles. The highest BCUT2D eigenvalue weighted by molar-refractivity contribution is 5.92. The maximum absolute atomic E-state index is 12.7. The molecule has 1 saturated carbocycles. The Hall–Kier alpha value is -2.11. The van der Waals surface area contributed by atoms with Crippen LogP contribution in [-0.2, 0) is 0 Å². The highest BCUT2D eigenvalue weighted by Gasteiger charge is 2.33. The summed E-state index contributed by atoms with van der Waals surface area (Å²) in [6.45, 7) is 0.764. The van der Waals surface area contributed by atoms with Crippen molar-refractivity contribution in [2.75, 3.05) is 6.54 Å². The van der Waals surface area contributed by atoms with Crippen LogP contribution >= 0.6 is 0 Å². The van der Waals surface area contributed by atoms with Gasteiger partial charge in [0.05, 0.1) is 12.2 Å². The zero-order valence-electron chi connectivity index (χ0n) is 11.8. The van der Waals surface area contributed by atoms with Crippen LogP contribution in [0.3, 0.4) is 0 Å². The van der Waals surface area contributed by atoms with E-state index >= 15 is 0 Å². The largest absolute Gasteiger partial charge is 0.360 e. The van der Waals surface area contributed by atoms with Gasteiger partial charge in [-0.2, -0.15) is 5.10 Å². The van der Waals surface area contributed by atoms with Gasteiger partial charge in [0.2, 0.25) is 0 Å². The number of carbonyl (C=O) groups excluding carboxylic acids is 1. The summed E-state index contributed by atoms with van der Waals surface area (Å²) >= 11 is 0. The topological polar surface area (TPSA) is 75.0 Å². The summed E-state index contributed by atoms with van der Waals surface area (Å²) in [5.41, 5.74) is 1.50. The molecule has 3 heterocycles. The second kappa shape index (κ2) is 5.02. The van der Waals surface area contributed by atoms with Gasteiger partial charge in [0.15, 0.2) is 5.69 Å². The molecule has 0 unspecified atom stereocenters. The SMILES string of the molecule is O=C(c1cc(C2CC2)on1)N1CCCC[C@@H]1c1cn[nH]c1. The molecule has 1 saturated heterocycles. The van der Waals surface area contributed by atoms with Crippen molar-refractivity contribution >= 4 is 5.91 Å². The summed E-state index contributed by atoms with van der Waals surface area (Å²) in [5.74, 6) is 1.30. The third-order valence-electron chi connectivity index (χ3n) is 4.40. The summed E-state index contributed by atoms with van der Waals surface area (Å²) in [6, 6.07) is 1.91. The summed E-state index contributed by atoms with van der Waals surface area (Å²) in [4.78, 5) is 14.6. The third-order valence-corrected chi connectivity index (χ3v) is 4.40. The van der Waals surface area contributed by atoms with Crippen LogP contribution in [-0.4, -0.2) is 32.7 Å². The molecule has 4 rings (SSSR count). The number of hydrogen-bond acceptors (Lipinski definition) is 4. The predicted octanol–water partition coefficient (Wildman–Crippen LogP) is 2.64. The van der Waals surface area contributed by atoms with Crippen molar-refractivity contribution in [2.24, 2.45) is 0 Å². The van der Waals surface area contributed by atoms with E-state index in [1.807, 2.05) is 17.2 Å². The molecule has 1 aliphatic heterocycles. The molecule has 0 aromatic carbocycles. The molecule has 6 heteroatoms. The van der Waals surface area contributed by atoms with E-state index in [-0.39, 0.29) is 11.9 Å². The lowest BCUT2D eigenvalue weighted by Crippen LogP contribution is -2.38. The van der Waals surface area contributed by atoms with Gasteiger partial charge in [0.25, 0.3) is 5.91 Å². The van der Waals surface area contributed by atoms with Gasteiger partial charge in [-0.3, -0.25) is 9.89 Å². The molecular weight excluding hydrogens is 268 g/mol. The molecule has 110 valence electrons. The van der Waals surface area contributed by atoms with Crippen LogP contribution in [0.15, 0.2) is 23.0 Å². The van der Waals surface area contributed by atoms with E-state index in [2.05, 4.69) is 15.4 Å². The van der Waals surface area contributed by atoms with E-state index in [9.17, 15) is 4.79 Å². The molecule has 6 nitrogen and oxygen atoms in total. The van der Waals surface area contributed by atoms with Crippen LogP contribution in [0.4, 0.5) is 0 Å². The van der Waals surface area contributed by atoms with Gasteiger partial charge in [0.1, 0.15) is 5.76 Å². The Labute approximate surface area is 122 Å². The van der Waals surface area contributed by atoms with Crippen molar-refractivity contribution in [1.82, 2.24) is 20.3 Å². The number of nitrogens with one attached hydrogen (secondary N) is 1. The average Bonchev–Trinajstić information content (AvgIpc) is 3.05. The minimum Gasteiger partial charge on any atom is -0.360 e. The lowest BCUT2D eigenvalue weighted by Gasteiger charge is -2.34. The van der Waals surface area contributed by atoms with E-state index in [0.29, 0.717) is 11.6 Å². The number of carbonyl (C=O) groups is 1. The molecule has 2 aliphatic rings. The maximum Gasteiger partial charge on any atom is 0.276 e. The van der Waals surface area contributed by atoms with E-state index in [4.69, 9.17) is 4.52 Å². The minimum absolute atomic E-state index is 0.0310. The summed E-state index contributed by atoms with van der Waals surface area (Å²) in [7, 11) is 0.